The molecule has 1 aromatic heterocycles. The summed E-state index contributed by atoms with van der Waals surface area (Å²) in [5.41, 5.74) is 2.15. The third-order valence-electron chi connectivity index (χ3n) is 2.89. The number of hydrogen-bond donors (Lipinski definition) is 1. The first-order valence-corrected chi connectivity index (χ1v) is 6.33. The van der Waals surface area contributed by atoms with Gasteiger partial charge in [0.25, 0.3) is 0 Å². The van der Waals surface area contributed by atoms with E-state index in [1.165, 1.54) is 5.69 Å². The molecule has 1 heterocycles. The maximum absolute atomic E-state index is 5.99. The highest BCUT2D eigenvalue weighted by Crippen LogP contribution is 2.28. The molecular formula is C14H17ClN2O. The molecule has 0 bridgehead atoms. The van der Waals surface area contributed by atoms with Gasteiger partial charge in [0, 0.05) is 23.5 Å². The van der Waals surface area contributed by atoms with Gasteiger partial charge in [-0.25, -0.2) is 0 Å². The summed E-state index contributed by atoms with van der Waals surface area (Å²) in [4.78, 5) is 0. The van der Waals surface area contributed by atoms with Crippen LogP contribution in [0.3, 0.4) is 0 Å². The molecule has 2 rings (SSSR count). The van der Waals surface area contributed by atoms with E-state index >= 15 is 0 Å². The van der Waals surface area contributed by atoms with Crippen molar-refractivity contribution in [3.05, 3.63) is 47.2 Å². The topological polar surface area (TPSA) is 26.2 Å². The summed E-state index contributed by atoms with van der Waals surface area (Å²) in [7, 11) is 1.66. The zero-order chi connectivity index (χ0) is 13.0. The number of halogens is 1. The van der Waals surface area contributed by atoms with Crippen molar-refractivity contribution in [1.29, 1.82) is 0 Å². The monoisotopic (exact) mass is 264 g/mol. The fourth-order valence-electron chi connectivity index (χ4n) is 1.92. The lowest BCUT2D eigenvalue weighted by molar-refractivity contribution is 0.416. The zero-order valence-corrected chi connectivity index (χ0v) is 11.4. The number of nitrogens with zero attached hydrogens (tertiary/aromatic N) is 1. The molecule has 0 atom stereocenters. The van der Waals surface area contributed by atoms with E-state index in [2.05, 4.69) is 35.1 Å². The first-order valence-electron chi connectivity index (χ1n) is 5.96. The number of nitrogens with one attached hydrogen (secondary N) is 1. The molecule has 18 heavy (non-hydrogen) atoms. The molecule has 96 valence electrons. The van der Waals surface area contributed by atoms with Crippen LogP contribution >= 0.6 is 11.6 Å². The van der Waals surface area contributed by atoms with Crippen molar-refractivity contribution in [2.24, 2.45) is 0 Å². The Morgan fingerprint density at radius 2 is 2.17 bits per heavy atom. The van der Waals surface area contributed by atoms with Gasteiger partial charge in [0.15, 0.2) is 0 Å². The van der Waals surface area contributed by atoms with Crippen LogP contribution in [0.4, 0.5) is 5.69 Å². The highest BCUT2D eigenvalue weighted by molar-refractivity contribution is 6.30. The van der Waals surface area contributed by atoms with Crippen LogP contribution in [0, 0.1) is 0 Å². The van der Waals surface area contributed by atoms with Gasteiger partial charge in [-0.1, -0.05) is 11.6 Å². The first-order chi connectivity index (χ1) is 8.74. The first kappa shape index (κ1) is 12.8. The predicted octanol–water partition coefficient (Wildman–Crippen LogP) is 3.78. The molecule has 0 fully saturated rings. The van der Waals surface area contributed by atoms with Crippen molar-refractivity contribution in [1.82, 2.24) is 4.57 Å². The van der Waals surface area contributed by atoms with Crippen LogP contribution in [0.25, 0.3) is 0 Å². The fraction of sp³-hybridized carbons (Fsp3) is 0.286. The van der Waals surface area contributed by atoms with Gasteiger partial charge in [-0.3, -0.25) is 0 Å². The lowest BCUT2D eigenvalue weighted by Gasteiger charge is -2.12. The summed E-state index contributed by atoms with van der Waals surface area (Å²) in [5.74, 6) is 0.800. The van der Waals surface area contributed by atoms with Gasteiger partial charge in [0.2, 0.25) is 0 Å². The van der Waals surface area contributed by atoms with E-state index in [-0.39, 0.29) is 0 Å². The largest absolute Gasteiger partial charge is 0.495 e. The second kappa shape index (κ2) is 5.83. The fourth-order valence-corrected chi connectivity index (χ4v) is 2.09. The van der Waals surface area contributed by atoms with E-state index in [0.717, 1.165) is 24.5 Å². The van der Waals surface area contributed by atoms with Gasteiger partial charge in [0.1, 0.15) is 5.75 Å². The third kappa shape index (κ3) is 2.79. The number of rotatable bonds is 5. The van der Waals surface area contributed by atoms with Gasteiger partial charge in [0.05, 0.1) is 19.3 Å². The molecule has 0 aliphatic carbocycles. The average molecular weight is 265 g/mol. The van der Waals surface area contributed by atoms with Gasteiger partial charge in [-0.05, 0) is 37.3 Å². The molecule has 1 aromatic carbocycles. The second-order valence-corrected chi connectivity index (χ2v) is 4.42. The Morgan fingerprint density at radius 3 is 2.89 bits per heavy atom. The number of methoxy groups -OCH3 is 1. The summed E-state index contributed by atoms with van der Waals surface area (Å²) in [5, 5.41) is 4.05. The highest BCUT2D eigenvalue weighted by atomic mass is 35.5. The molecule has 0 saturated heterocycles. The number of aryl methyl sites for hydroxylation is 1. The Kier molecular flexibility index (Phi) is 4.15. The molecule has 0 spiro atoms. The van der Waals surface area contributed by atoms with E-state index < -0.39 is 0 Å². The summed E-state index contributed by atoms with van der Waals surface area (Å²) in [6.45, 7) is 3.84. The van der Waals surface area contributed by atoms with Crippen LogP contribution in [-0.4, -0.2) is 11.7 Å². The Balaban J connectivity index is 2.12. The van der Waals surface area contributed by atoms with Crippen molar-refractivity contribution in [2.75, 3.05) is 12.4 Å². The molecule has 0 aliphatic rings. The van der Waals surface area contributed by atoms with Crippen molar-refractivity contribution in [3.63, 3.8) is 0 Å². The number of anilines is 1. The Morgan fingerprint density at radius 1 is 1.33 bits per heavy atom. The predicted molar refractivity (Wildman–Crippen MR) is 75.4 cm³/mol. The number of aromatic nitrogens is 1. The number of hydrogen-bond acceptors (Lipinski definition) is 2. The minimum Gasteiger partial charge on any atom is -0.495 e. The Labute approximate surface area is 112 Å². The van der Waals surface area contributed by atoms with Gasteiger partial charge in [-0.15, -0.1) is 0 Å². The summed E-state index contributed by atoms with van der Waals surface area (Å²) < 4.78 is 7.50. The van der Waals surface area contributed by atoms with Crippen molar-refractivity contribution in [3.8, 4) is 5.75 Å². The molecule has 3 nitrogen and oxygen atoms in total. The van der Waals surface area contributed by atoms with Crippen molar-refractivity contribution >= 4 is 17.3 Å². The second-order valence-electron chi connectivity index (χ2n) is 3.98. The Bertz CT molecular complexity index is 522. The molecule has 0 radical (unpaired) electrons. The lowest BCUT2D eigenvalue weighted by atomic mass is 10.3. The van der Waals surface area contributed by atoms with Crippen LogP contribution in [-0.2, 0) is 13.1 Å². The van der Waals surface area contributed by atoms with Gasteiger partial charge < -0.3 is 14.6 Å². The summed E-state index contributed by atoms with van der Waals surface area (Å²) >= 11 is 5.99. The molecule has 1 N–H and O–H groups in total. The van der Waals surface area contributed by atoms with Gasteiger partial charge in [-0.2, -0.15) is 0 Å². The van der Waals surface area contributed by atoms with E-state index in [1.54, 1.807) is 7.11 Å². The van der Waals surface area contributed by atoms with Crippen LogP contribution in [0.2, 0.25) is 5.02 Å². The maximum atomic E-state index is 5.99. The smallest absolute Gasteiger partial charge is 0.142 e. The standard InChI is InChI=1S/C14H17ClN2O/c1-3-17-8-4-5-12(17)10-16-13-9-11(15)6-7-14(13)18-2/h4-9,16H,3,10H2,1-2H3. The van der Waals surface area contributed by atoms with Gasteiger partial charge >= 0.3 is 0 Å². The minimum atomic E-state index is 0.698. The number of benzene rings is 1. The Hall–Kier alpha value is -1.61. The summed E-state index contributed by atoms with van der Waals surface area (Å²) in [6.07, 6.45) is 2.08. The third-order valence-corrected chi connectivity index (χ3v) is 3.12. The maximum Gasteiger partial charge on any atom is 0.142 e. The average Bonchev–Trinajstić information content (AvgIpc) is 2.84. The molecule has 0 saturated carbocycles. The molecule has 0 unspecified atom stereocenters. The molecule has 0 amide bonds. The molecule has 0 aliphatic heterocycles. The number of ether oxygens (including phenoxy) is 1. The molecule has 2 aromatic rings. The quantitative estimate of drug-likeness (QED) is 0.889. The highest BCUT2D eigenvalue weighted by Gasteiger charge is 2.05. The van der Waals surface area contributed by atoms with E-state index in [9.17, 15) is 0 Å². The van der Waals surface area contributed by atoms with Crippen LogP contribution in [0.1, 0.15) is 12.6 Å². The van der Waals surface area contributed by atoms with Crippen LogP contribution < -0.4 is 10.1 Å². The SMILES string of the molecule is CCn1cccc1CNc1cc(Cl)ccc1OC. The normalized spacial score (nSPS) is 10.4. The van der Waals surface area contributed by atoms with Crippen LogP contribution in [0.15, 0.2) is 36.5 Å². The van der Waals surface area contributed by atoms with E-state index in [1.807, 2.05) is 18.2 Å². The molecule has 4 heteroatoms. The lowest BCUT2D eigenvalue weighted by Crippen LogP contribution is -2.06. The molecular weight excluding hydrogens is 248 g/mol. The minimum absolute atomic E-state index is 0.698. The van der Waals surface area contributed by atoms with Crippen molar-refractivity contribution < 1.29 is 4.74 Å². The van der Waals surface area contributed by atoms with E-state index in [4.69, 9.17) is 16.3 Å². The van der Waals surface area contributed by atoms with Crippen LogP contribution in [0.5, 0.6) is 5.75 Å². The van der Waals surface area contributed by atoms with Crippen molar-refractivity contribution in [2.45, 2.75) is 20.0 Å². The zero-order valence-electron chi connectivity index (χ0n) is 10.6. The summed E-state index contributed by atoms with van der Waals surface area (Å²) in [6, 6.07) is 9.71. The van der Waals surface area contributed by atoms with E-state index in [0.29, 0.717) is 5.02 Å².